The minimum Gasteiger partial charge on any atom is -0.432 e. The number of benzene rings is 1. The van der Waals surface area contributed by atoms with Gasteiger partial charge in [0.25, 0.3) is 0 Å². The zero-order chi connectivity index (χ0) is 21.3. The Morgan fingerprint density at radius 2 is 1.70 bits per heavy atom. The van der Waals surface area contributed by atoms with Crippen molar-refractivity contribution in [3.63, 3.8) is 0 Å². The molecule has 0 atom stereocenters. The summed E-state index contributed by atoms with van der Waals surface area (Å²) < 4.78 is 42.4. The van der Waals surface area contributed by atoms with Gasteiger partial charge in [0.2, 0.25) is 0 Å². The Kier molecular flexibility index (Phi) is 9.60. The Balaban J connectivity index is 1.30. The normalized spacial score (nSPS) is 27.4. The van der Waals surface area contributed by atoms with Gasteiger partial charge in [0.1, 0.15) is 0 Å². The number of alkyl halides is 2. The first-order valence-corrected chi connectivity index (χ1v) is 14.7. The maximum atomic E-state index is 13.8. The first-order chi connectivity index (χ1) is 14.5. The Bertz CT molecular complexity index is 623. The average molecular weight is 441 g/mol. The Morgan fingerprint density at radius 3 is 2.33 bits per heavy atom. The van der Waals surface area contributed by atoms with Crippen molar-refractivity contribution in [2.75, 3.05) is 0 Å². The van der Waals surface area contributed by atoms with Crippen LogP contribution in [0.3, 0.4) is 0 Å². The molecule has 1 aromatic rings. The first kappa shape index (κ1) is 23.7. The van der Waals surface area contributed by atoms with Gasteiger partial charge >= 0.3 is 6.61 Å². The number of halogens is 3. The lowest BCUT2D eigenvalue weighted by atomic mass is 9.73. The minimum absolute atomic E-state index is 0.353. The third-order valence-corrected chi connectivity index (χ3v) is 11.4. The van der Waals surface area contributed by atoms with E-state index in [4.69, 9.17) is 0 Å². The van der Waals surface area contributed by atoms with Gasteiger partial charge in [0.15, 0.2) is 11.6 Å². The summed E-state index contributed by atoms with van der Waals surface area (Å²) in [5.41, 5.74) is 0.861. The molecule has 0 spiro atoms. The van der Waals surface area contributed by atoms with Gasteiger partial charge in [-0.05, 0) is 61.1 Å². The molecule has 1 aromatic carbocycles. The summed E-state index contributed by atoms with van der Waals surface area (Å²) in [7, 11) is -0.353. The second-order valence-corrected chi connectivity index (χ2v) is 13.2. The molecule has 1 saturated heterocycles. The van der Waals surface area contributed by atoms with Gasteiger partial charge in [0.05, 0.1) is 0 Å². The van der Waals surface area contributed by atoms with Crippen LogP contribution >= 0.6 is 0 Å². The van der Waals surface area contributed by atoms with Gasteiger partial charge in [-0.2, -0.15) is 8.78 Å². The standard InChI is InChI=1S/C25H39F3OSi/c1-2-15-30-16-13-22(14-17-30)21-10-7-19(8-11-21)5-3-4-6-20-9-12-24(23(26)18-20)29-25(27)28/h9,12,18-19,21-22,25,30H,2-8,10-11,13-17H2,1H3/t19-,21-,22?,30?. The third-order valence-electron chi connectivity index (χ3n) is 7.69. The molecule has 170 valence electrons. The van der Waals surface area contributed by atoms with Gasteiger partial charge in [-0.15, -0.1) is 0 Å². The van der Waals surface area contributed by atoms with E-state index in [2.05, 4.69) is 11.7 Å². The molecule has 30 heavy (non-hydrogen) atoms. The Morgan fingerprint density at radius 1 is 1.00 bits per heavy atom. The molecule has 0 aromatic heterocycles. The highest BCUT2D eigenvalue weighted by Crippen LogP contribution is 2.42. The Hall–Kier alpha value is -0.973. The third kappa shape index (κ3) is 7.32. The molecule has 1 aliphatic carbocycles. The number of ether oxygens (including phenoxy) is 1. The summed E-state index contributed by atoms with van der Waals surface area (Å²) in [6.07, 6.45) is 14.4. The molecular formula is C25H39F3OSi. The average Bonchev–Trinajstić information content (AvgIpc) is 2.74. The van der Waals surface area contributed by atoms with E-state index in [0.717, 1.165) is 36.2 Å². The number of aryl methyl sites for hydroxylation is 1. The molecule has 0 unspecified atom stereocenters. The van der Waals surface area contributed by atoms with Crippen molar-refractivity contribution in [1.29, 1.82) is 0 Å². The number of unbranched alkanes of at least 4 members (excludes halogenated alkanes) is 1. The van der Waals surface area contributed by atoms with Crippen LogP contribution < -0.4 is 4.74 Å². The van der Waals surface area contributed by atoms with Crippen LogP contribution in [0.5, 0.6) is 5.75 Å². The molecule has 5 heteroatoms. The van der Waals surface area contributed by atoms with Gasteiger partial charge in [-0.3, -0.25) is 0 Å². The maximum Gasteiger partial charge on any atom is 0.387 e. The van der Waals surface area contributed by atoms with E-state index in [1.807, 2.05) is 0 Å². The van der Waals surface area contributed by atoms with Crippen molar-refractivity contribution in [3.8, 4) is 5.75 Å². The molecule has 2 aliphatic rings. The maximum absolute atomic E-state index is 13.8. The largest absolute Gasteiger partial charge is 0.432 e. The molecular weight excluding hydrogens is 401 g/mol. The van der Waals surface area contributed by atoms with Crippen LogP contribution in [0.25, 0.3) is 0 Å². The first-order valence-electron chi connectivity index (χ1n) is 12.3. The summed E-state index contributed by atoms with van der Waals surface area (Å²) in [6.45, 7) is -0.640. The van der Waals surface area contributed by atoms with Crippen LogP contribution in [0.2, 0.25) is 18.1 Å². The quantitative estimate of drug-likeness (QED) is 0.264. The topological polar surface area (TPSA) is 9.23 Å². The van der Waals surface area contributed by atoms with Crippen molar-refractivity contribution >= 4 is 8.80 Å². The number of hydrogen-bond donors (Lipinski definition) is 0. The zero-order valence-electron chi connectivity index (χ0n) is 18.6. The van der Waals surface area contributed by atoms with Crippen LogP contribution in [0.1, 0.15) is 76.7 Å². The fraction of sp³-hybridized carbons (Fsp3) is 0.760. The fourth-order valence-electron chi connectivity index (χ4n) is 5.96. The summed E-state index contributed by atoms with van der Waals surface area (Å²) in [4.78, 5) is 0. The highest BCUT2D eigenvalue weighted by Gasteiger charge is 2.30. The summed E-state index contributed by atoms with van der Waals surface area (Å²) in [5, 5.41) is 0. The second kappa shape index (κ2) is 12.2. The SMILES string of the molecule is CCC[SiH]1CCC([C@H]2CC[C@H](CCCCc3ccc(OC(F)F)c(F)c3)CC2)CC1. The summed E-state index contributed by atoms with van der Waals surface area (Å²) in [6, 6.07) is 9.13. The number of rotatable bonds is 10. The van der Waals surface area contributed by atoms with Crippen LogP contribution in [0, 0.1) is 23.6 Å². The van der Waals surface area contributed by atoms with E-state index in [1.54, 1.807) is 24.2 Å². The molecule has 0 radical (unpaired) electrons. The highest BCUT2D eigenvalue weighted by molar-refractivity contribution is 6.58. The van der Waals surface area contributed by atoms with Gasteiger partial charge in [-0.25, -0.2) is 4.39 Å². The van der Waals surface area contributed by atoms with E-state index in [1.165, 1.54) is 69.9 Å². The van der Waals surface area contributed by atoms with Crippen molar-refractivity contribution in [1.82, 2.24) is 0 Å². The molecule has 1 nitrogen and oxygen atoms in total. The van der Waals surface area contributed by atoms with Gasteiger partial charge in [0, 0.05) is 8.80 Å². The lowest BCUT2D eigenvalue weighted by Gasteiger charge is -2.37. The van der Waals surface area contributed by atoms with E-state index < -0.39 is 12.4 Å². The van der Waals surface area contributed by atoms with Crippen LogP contribution in [0.4, 0.5) is 13.2 Å². The van der Waals surface area contributed by atoms with Crippen molar-refractivity contribution in [3.05, 3.63) is 29.6 Å². The molecule has 3 rings (SSSR count). The van der Waals surface area contributed by atoms with Crippen LogP contribution in [0.15, 0.2) is 18.2 Å². The van der Waals surface area contributed by atoms with E-state index in [0.29, 0.717) is 0 Å². The monoisotopic (exact) mass is 440 g/mol. The predicted octanol–water partition coefficient (Wildman–Crippen LogP) is 7.99. The molecule has 0 N–H and O–H groups in total. The summed E-state index contributed by atoms with van der Waals surface area (Å²) in [5.74, 6) is 1.82. The van der Waals surface area contributed by atoms with E-state index in [9.17, 15) is 13.2 Å². The lowest BCUT2D eigenvalue weighted by Crippen LogP contribution is -2.28. The molecule has 1 saturated carbocycles. The van der Waals surface area contributed by atoms with Crippen LogP contribution in [-0.2, 0) is 6.42 Å². The molecule has 2 fully saturated rings. The minimum atomic E-state index is -2.99. The molecule has 1 heterocycles. The highest BCUT2D eigenvalue weighted by atomic mass is 28.3. The number of hydrogen-bond acceptors (Lipinski definition) is 1. The van der Waals surface area contributed by atoms with Gasteiger partial charge < -0.3 is 4.74 Å². The van der Waals surface area contributed by atoms with Crippen molar-refractivity contribution < 1.29 is 17.9 Å². The molecule has 0 bridgehead atoms. The molecule has 1 aliphatic heterocycles. The van der Waals surface area contributed by atoms with E-state index in [-0.39, 0.29) is 14.5 Å². The summed E-state index contributed by atoms with van der Waals surface area (Å²) >= 11 is 0. The molecule has 0 amide bonds. The van der Waals surface area contributed by atoms with Crippen molar-refractivity contribution in [2.24, 2.45) is 17.8 Å². The predicted molar refractivity (Wildman–Crippen MR) is 121 cm³/mol. The Labute approximate surface area is 182 Å². The zero-order valence-corrected chi connectivity index (χ0v) is 19.7. The van der Waals surface area contributed by atoms with E-state index >= 15 is 0 Å². The lowest BCUT2D eigenvalue weighted by molar-refractivity contribution is -0.0522. The second-order valence-electron chi connectivity index (χ2n) is 9.74. The smallest absolute Gasteiger partial charge is 0.387 e. The van der Waals surface area contributed by atoms with Gasteiger partial charge in [-0.1, -0.05) is 76.1 Å². The fourth-order valence-corrected chi connectivity index (χ4v) is 9.44. The van der Waals surface area contributed by atoms with Crippen molar-refractivity contribution in [2.45, 2.75) is 102 Å². The van der Waals surface area contributed by atoms with Crippen LogP contribution in [-0.4, -0.2) is 15.4 Å².